The van der Waals surface area contributed by atoms with Crippen LogP contribution in [0, 0.1) is 6.92 Å². The molecule has 0 spiro atoms. The smallest absolute Gasteiger partial charge is 0.344 e. The van der Waals surface area contributed by atoms with Gasteiger partial charge in [-0.15, -0.1) is 0 Å². The van der Waals surface area contributed by atoms with Crippen LogP contribution in [-0.4, -0.2) is 52.6 Å². The minimum atomic E-state index is -0.920. The molecule has 1 fully saturated rings. The molecule has 2 aliphatic rings. The van der Waals surface area contributed by atoms with Crippen molar-refractivity contribution in [2.24, 2.45) is 0 Å². The highest BCUT2D eigenvalue weighted by Crippen LogP contribution is 2.40. The van der Waals surface area contributed by atoms with Gasteiger partial charge >= 0.3 is 5.97 Å². The number of fused-ring (bicyclic) bond motifs is 1. The molecule has 2 heterocycles. The van der Waals surface area contributed by atoms with Crippen LogP contribution in [0.1, 0.15) is 55.6 Å². The molecular weight excluding hydrogens is 510 g/mol. The average Bonchev–Trinajstić information content (AvgIpc) is 3.14. The number of amides is 2. The second kappa shape index (κ2) is 10.7. The van der Waals surface area contributed by atoms with Crippen LogP contribution in [0.4, 0.5) is 4.79 Å². The Morgan fingerprint density at radius 3 is 2.45 bits per heavy atom. The molecule has 38 heavy (non-hydrogen) atoms. The van der Waals surface area contributed by atoms with E-state index in [1.54, 1.807) is 52.0 Å². The second-order valence-electron chi connectivity index (χ2n) is 10.6. The monoisotopic (exact) mass is 541 g/mol. The molecular formula is C28H31NO8S. The molecule has 202 valence electrons. The predicted octanol–water partition coefficient (Wildman–Crippen LogP) is 4.41. The van der Waals surface area contributed by atoms with Gasteiger partial charge in [0.05, 0.1) is 17.2 Å². The van der Waals surface area contributed by atoms with Gasteiger partial charge in [0.15, 0.2) is 12.4 Å². The number of esters is 1. The van der Waals surface area contributed by atoms with E-state index in [1.807, 2.05) is 19.1 Å². The van der Waals surface area contributed by atoms with Gasteiger partial charge in [-0.25, -0.2) is 4.79 Å². The van der Waals surface area contributed by atoms with Gasteiger partial charge in [-0.3, -0.25) is 19.7 Å². The number of carbonyl (C=O) groups is 4. The Morgan fingerprint density at radius 2 is 1.82 bits per heavy atom. The summed E-state index contributed by atoms with van der Waals surface area (Å²) in [6.07, 6.45) is 0.573. The van der Waals surface area contributed by atoms with Crippen LogP contribution in [0.5, 0.6) is 17.2 Å². The van der Waals surface area contributed by atoms with Crippen molar-refractivity contribution in [3.63, 3.8) is 0 Å². The Kier molecular flexibility index (Phi) is 7.73. The summed E-state index contributed by atoms with van der Waals surface area (Å²) >= 11 is 0.993. The molecule has 1 saturated heterocycles. The molecule has 0 radical (unpaired) electrons. The summed E-state index contributed by atoms with van der Waals surface area (Å²) in [5, 5.41) is 1.53. The van der Waals surface area contributed by atoms with Gasteiger partial charge in [0.2, 0.25) is 5.91 Å². The van der Waals surface area contributed by atoms with Crippen molar-refractivity contribution >= 4 is 34.7 Å². The normalized spacial score (nSPS) is 20.9. The van der Waals surface area contributed by atoms with Crippen molar-refractivity contribution < 1.29 is 38.1 Å². The van der Waals surface area contributed by atoms with E-state index in [9.17, 15) is 19.2 Å². The SMILES string of the molecule is Cc1c(OCC(=O)OC(C)(C)C)ccc2c1OC(C)(COc1ccc(CC3SC(=O)NC3=O)cc1)CC2=O. The molecule has 10 heteroatoms. The zero-order valence-electron chi connectivity index (χ0n) is 22.0. The van der Waals surface area contributed by atoms with E-state index in [4.69, 9.17) is 18.9 Å². The van der Waals surface area contributed by atoms with E-state index < -0.39 is 22.4 Å². The first-order valence-electron chi connectivity index (χ1n) is 12.3. The van der Waals surface area contributed by atoms with Gasteiger partial charge in [0.1, 0.15) is 35.1 Å². The van der Waals surface area contributed by atoms with E-state index in [0.29, 0.717) is 34.8 Å². The van der Waals surface area contributed by atoms with Gasteiger partial charge in [-0.1, -0.05) is 23.9 Å². The lowest BCUT2D eigenvalue weighted by atomic mass is 9.90. The highest BCUT2D eigenvalue weighted by Gasteiger charge is 2.39. The standard InChI is InChI=1S/C28H31NO8S/c1-16-21(34-14-23(31)36-27(2,3)4)11-10-19-20(30)13-28(5,37-24(16)19)15-35-18-8-6-17(7-9-18)12-22-25(32)29-26(33)38-22/h6-11,22H,12-15H2,1-5H3,(H,29,32,33). The number of rotatable bonds is 8. The molecule has 2 atom stereocenters. The number of thioether (sulfide) groups is 1. The minimum absolute atomic E-state index is 0.0728. The first kappa shape index (κ1) is 27.5. The van der Waals surface area contributed by atoms with Crippen LogP contribution in [0.2, 0.25) is 0 Å². The van der Waals surface area contributed by atoms with Gasteiger partial charge in [-0.2, -0.15) is 0 Å². The highest BCUT2D eigenvalue weighted by molar-refractivity contribution is 8.15. The lowest BCUT2D eigenvalue weighted by Gasteiger charge is -2.35. The van der Waals surface area contributed by atoms with Crippen molar-refractivity contribution in [1.82, 2.24) is 5.32 Å². The quantitative estimate of drug-likeness (QED) is 0.485. The fourth-order valence-electron chi connectivity index (χ4n) is 4.19. The van der Waals surface area contributed by atoms with Crippen LogP contribution >= 0.6 is 11.8 Å². The summed E-state index contributed by atoms with van der Waals surface area (Å²) in [6, 6.07) is 10.5. The molecule has 2 aromatic carbocycles. The summed E-state index contributed by atoms with van der Waals surface area (Å²) in [5.74, 6) is 0.583. The fourth-order valence-corrected chi connectivity index (χ4v) is 5.05. The summed E-state index contributed by atoms with van der Waals surface area (Å²) in [7, 11) is 0. The summed E-state index contributed by atoms with van der Waals surface area (Å²) in [6.45, 7) is 8.79. The maximum Gasteiger partial charge on any atom is 0.344 e. The number of Topliss-reactive ketones (excluding diaryl/α,β-unsaturated/α-hetero) is 1. The zero-order valence-corrected chi connectivity index (χ0v) is 22.9. The van der Waals surface area contributed by atoms with Crippen LogP contribution in [0.15, 0.2) is 36.4 Å². The summed E-state index contributed by atoms with van der Waals surface area (Å²) in [5.41, 5.74) is 0.437. The van der Waals surface area contributed by atoms with E-state index in [-0.39, 0.29) is 36.6 Å². The summed E-state index contributed by atoms with van der Waals surface area (Å²) in [4.78, 5) is 48.2. The van der Waals surface area contributed by atoms with Crippen molar-refractivity contribution in [1.29, 1.82) is 0 Å². The average molecular weight is 542 g/mol. The van der Waals surface area contributed by atoms with E-state index in [1.165, 1.54) is 0 Å². The molecule has 0 aromatic heterocycles. The number of nitrogens with one attached hydrogen (secondary N) is 1. The Bertz CT molecular complexity index is 1270. The topological polar surface area (TPSA) is 117 Å². The molecule has 2 amide bonds. The number of benzene rings is 2. The Labute approximate surface area is 225 Å². The Balaban J connectivity index is 1.39. The molecule has 1 N–H and O–H groups in total. The van der Waals surface area contributed by atoms with Crippen molar-refractivity contribution in [2.45, 2.75) is 63.9 Å². The Morgan fingerprint density at radius 1 is 1.11 bits per heavy atom. The Hall–Kier alpha value is -3.53. The molecule has 2 aliphatic heterocycles. The largest absolute Gasteiger partial charge is 0.489 e. The molecule has 2 aromatic rings. The van der Waals surface area contributed by atoms with E-state index in [2.05, 4.69) is 5.32 Å². The minimum Gasteiger partial charge on any atom is -0.489 e. The second-order valence-corrected chi connectivity index (χ2v) is 11.8. The molecule has 9 nitrogen and oxygen atoms in total. The molecule has 0 bridgehead atoms. The lowest BCUT2D eigenvalue weighted by Crippen LogP contribution is -2.44. The third-order valence-electron chi connectivity index (χ3n) is 5.96. The number of hydrogen-bond donors (Lipinski definition) is 1. The first-order valence-corrected chi connectivity index (χ1v) is 13.1. The predicted molar refractivity (Wildman–Crippen MR) is 141 cm³/mol. The van der Waals surface area contributed by atoms with E-state index >= 15 is 0 Å². The van der Waals surface area contributed by atoms with Crippen LogP contribution in [0.3, 0.4) is 0 Å². The van der Waals surface area contributed by atoms with Crippen molar-refractivity contribution in [2.75, 3.05) is 13.2 Å². The zero-order chi connectivity index (χ0) is 27.7. The van der Waals surface area contributed by atoms with Crippen LogP contribution in [0.25, 0.3) is 0 Å². The van der Waals surface area contributed by atoms with Crippen LogP contribution in [-0.2, 0) is 20.7 Å². The number of imide groups is 1. The molecule has 0 aliphatic carbocycles. The molecule has 0 saturated carbocycles. The lowest BCUT2D eigenvalue weighted by molar-refractivity contribution is -0.157. The van der Waals surface area contributed by atoms with Gasteiger partial charge in [0.25, 0.3) is 5.24 Å². The van der Waals surface area contributed by atoms with Crippen LogP contribution < -0.4 is 19.5 Å². The van der Waals surface area contributed by atoms with Crippen molar-refractivity contribution in [3.8, 4) is 17.2 Å². The fraction of sp³-hybridized carbons (Fsp3) is 0.429. The third kappa shape index (κ3) is 6.66. The maximum absolute atomic E-state index is 12.9. The summed E-state index contributed by atoms with van der Waals surface area (Å²) < 4.78 is 23.2. The van der Waals surface area contributed by atoms with Gasteiger partial charge in [0, 0.05) is 5.56 Å². The molecule has 2 unspecified atom stereocenters. The van der Waals surface area contributed by atoms with Gasteiger partial charge in [-0.05, 0) is 70.9 Å². The van der Waals surface area contributed by atoms with Gasteiger partial charge < -0.3 is 18.9 Å². The maximum atomic E-state index is 12.9. The number of ether oxygens (including phenoxy) is 4. The van der Waals surface area contributed by atoms with Crippen molar-refractivity contribution in [3.05, 3.63) is 53.1 Å². The number of hydrogen-bond acceptors (Lipinski definition) is 9. The number of ketones is 1. The highest BCUT2D eigenvalue weighted by atomic mass is 32.2. The third-order valence-corrected chi connectivity index (χ3v) is 6.94. The van der Waals surface area contributed by atoms with E-state index in [0.717, 1.165) is 17.3 Å². The molecule has 4 rings (SSSR count). The first-order chi connectivity index (χ1) is 17.8. The number of carbonyl (C=O) groups excluding carboxylic acids is 4.